The molecule has 10 heteroatoms. The Morgan fingerprint density at radius 1 is 1.33 bits per heavy atom. The van der Waals surface area contributed by atoms with Crippen molar-refractivity contribution >= 4 is 33.2 Å². The zero-order valence-corrected chi connectivity index (χ0v) is 15.1. The first-order valence-corrected chi connectivity index (χ1v) is 9.69. The maximum Gasteiger partial charge on any atom is 0.336 e. The van der Waals surface area contributed by atoms with E-state index in [9.17, 15) is 18.0 Å². The molecular weight excluding hydrogens is 356 g/mol. The molecule has 1 amide bonds. The van der Waals surface area contributed by atoms with Gasteiger partial charge in [0.05, 0.1) is 18.1 Å². The Kier molecular flexibility index (Phi) is 5.97. The molecule has 0 spiro atoms. The van der Waals surface area contributed by atoms with E-state index in [0.717, 1.165) is 11.3 Å². The molecule has 0 bridgehead atoms. The summed E-state index contributed by atoms with van der Waals surface area (Å²) in [6.45, 7) is 3.09. The molecule has 1 saturated heterocycles. The molecule has 1 aromatic heterocycles. The molecule has 8 nitrogen and oxygen atoms in total. The number of hydrogen-bond acceptors (Lipinski definition) is 6. The van der Waals surface area contributed by atoms with Crippen LogP contribution in [0.1, 0.15) is 17.3 Å². The Morgan fingerprint density at radius 2 is 1.96 bits per heavy atom. The molecule has 2 heterocycles. The number of carbonyl (C=O) groups excluding carboxylic acids is 1. The standard InChI is InChI=1S/C14H20N2O6S2/c1-10(8-22-2)13(17)15-3-5-16(6-4-15)24(20,21)12-7-11(9-23-12)14(18)19/h7,9-10H,3-6,8H2,1-2H3,(H,18,19). The van der Waals surface area contributed by atoms with Crippen LogP contribution < -0.4 is 0 Å². The van der Waals surface area contributed by atoms with E-state index in [-0.39, 0.29) is 34.7 Å². The molecule has 1 aliphatic rings. The van der Waals surface area contributed by atoms with Gasteiger partial charge in [0.2, 0.25) is 5.91 Å². The monoisotopic (exact) mass is 376 g/mol. The number of nitrogens with zero attached hydrogens (tertiary/aromatic N) is 2. The van der Waals surface area contributed by atoms with Crippen molar-refractivity contribution in [1.29, 1.82) is 0 Å². The zero-order valence-electron chi connectivity index (χ0n) is 13.5. The maximum absolute atomic E-state index is 12.6. The summed E-state index contributed by atoms with van der Waals surface area (Å²) in [6, 6.07) is 1.17. The zero-order chi connectivity index (χ0) is 17.9. The largest absolute Gasteiger partial charge is 0.478 e. The van der Waals surface area contributed by atoms with Crippen molar-refractivity contribution in [3.05, 3.63) is 17.0 Å². The molecule has 1 fully saturated rings. The lowest BCUT2D eigenvalue weighted by Gasteiger charge is -2.34. The normalized spacial score (nSPS) is 17.7. The lowest BCUT2D eigenvalue weighted by atomic mass is 10.1. The number of ether oxygens (including phenoxy) is 1. The van der Waals surface area contributed by atoms with Crippen LogP contribution in [0, 0.1) is 5.92 Å². The summed E-state index contributed by atoms with van der Waals surface area (Å²) in [4.78, 5) is 24.7. The number of amides is 1. The summed E-state index contributed by atoms with van der Waals surface area (Å²) in [6.07, 6.45) is 0. The van der Waals surface area contributed by atoms with Crippen molar-refractivity contribution in [3.63, 3.8) is 0 Å². The van der Waals surface area contributed by atoms with Gasteiger partial charge in [-0.3, -0.25) is 4.79 Å². The maximum atomic E-state index is 12.6. The summed E-state index contributed by atoms with van der Waals surface area (Å²) in [7, 11) is -2.20. The highest BCUT2D eigenvalue weighted by Crippen LogP contribution is 2.25. The Labute approximate surface area is 144 Å². The number of thiophene rings is 1. The molecule has 1 atom stereocenters. The lowest BCUT2D eigenvalue weighted by molar-refractivity contribution is -0.137. The minimum atomic E-state index is -3.73. The average molecular weight is 376 g/mol. The number of carbonyl (C=O) groups is 2. The number of sulfonamides is 1. The van der Waals surface area contributed by atoms with Crippen LogP contribution in [0.2, 0.25) is 0 Å². The van der Waals surface area contributed by atoms with Gasteiger partial charge in [0.25, 0.3) is 10.0 Å². The minimum Gasteiger partial charge on any atom is -0.478 e. The van der Waals surface area contributed by atoms with Gasteiger partial charge < -0.3 is 14.7 Å². The van der Waals surface area contributed by atoms with Gasteiger partial charge in [-0.15, -0.1) is 11.3 Å². The smallest absolute Gasteiger partial charge is 0.336 e. The van der Waals surface area contributed by atoms with E-state index in [0.29, 0.717) is 19.7 Å². The van der Waals surface area contributed by atoms with Gasteiger partial charge in [0.15, 0.2) is 0 Å². The van der Waals surface area contributed by atoms with Crippen LogP contribution in [-0.2, 0) is 19.6 Å². The summed E-state index contributed by atoms with van der Waals surface area (Å²) in [5, 5.41) is 10.2. The van der Waals surface area contributed by atoms with Gasteiger partial charge in [-0.05, 0) is 6.07 Å². The van der Waals surface area contributed by atoms with Crippen LogP contribution in [0.5, 0.6) is 0 Å². The van der Waals surface area contributed by atoms with Crippen LogP contribution in [0.25, 0.3) is 0 Å². The fourth-order valence-electron chi connectivity index (χ4n) is 2.47. The number of aromatic carboxylic acids is 1. The average Bonchev–Trinajstić information content (AvgIpc) is 3.05. The Balaban J connectivity index is 2.02. The van der Waals surface area contributed by atoms with Gasteiger partial charge in [0.1, 0.15) is 4.21 Å². The van der Waals surface area contributed by atoms with Crippen molar-refractivity contribution in [1.82, 2.24) is 9.21 Å². The third-order valence-electron chi connectivity index (χ3n) is 3.81. The highest BCUT2D eigenvalue weighted by molar-refractivity contribution is 7.91. The van der Waals surface area contributed by atoms with Crippen molar-refractivity contribution in [2.24, 2.45) is 5.92 Å². The molecule has 0 aromatic carbocycles. The first-order valence-electron chi connectivity index (χ1n) is 7.37. The highest BCUT2D eigenvalue weighted by Gasteiger charge is 2.32. The van der Waals surface area contributed by atoms with Crippen molar-refractivity contribution in [3.8, 4) is 0 Å². The molecule has 0 saturated carbocycles. The SMILES string of the molecule is COCC(C)C(=O)N1CCN(S(=O)(=O)c2cc(C(=O)O)cs2)CC1. The van der Waals surface area contributed by atoms with E-state index < -0.39 is 16.0 Å². The predicted octanol–water partition coefficient (Wildman–Crippen LogP) is 0.562. The van der Waals surface area contributed by atoms with Gasteiger partial charge in [-0.1, -0.05) is 6.92 Å². The minimum absolute atomic E-state index is 0.00688. The van der Waals surface area contributed by atoms with Crippen LogP contribution in [-0.4, -0.2) is 74.5 Å². The molecule has 1 unspecified atom stereocenters. The fraction of sp³-hybridized carbons (Fsp3) is 0.571. The first kappa shape index (κ1) is 18.8. The van der Waals surface area contributed by atoms with E-state index in [4.69, 9.17) is 9.84 Å². The molecule has 24 heavy (non-hydrogen) atoms. The van der Waals surface area contributed by atoms with Crippen molar-refractivity contribution in [2.75, 3.05) is 39.9 Å². The molecule has 2 rings (SSSR count). The van der Waals surface area contributed by atoms with Crippen molar-refractivity contribution in [2.45, 2.75) is 11.1 Å². The summed E-state index contributed by atoms with van der Waals surface area (Å²) in [5.41, 5.74) is -0.0409. The Hall–Kier alpha value is -1.49. The number of rotatable bonds is 6. The van der Waals surface area contributed by atoms with E-state index in [1.54, 1.807) is 11.8 Å². The van der Waals surface area contributed by atoms with Gasteiger partial charge in [-0.25, -0.2) is 13.2 Å². The number of piperazine rings is 1. The Morgan fingerprint density at radius 3 is 2.46 bits per heavy atom. The molecule has 0 radical (unpaired) electrons. The van der Waals surface area contributed by atoms with Crippen LogP contribution in [0.4, 0.5) is 0 Å². The number of methoxy groups -OCH3 is 1. The lowest BCUT2D eigenvalue weighted by Crippen LogP contribution is -2.51. The molecule has 1 aromatic rings. The molecule has 1 aliphatic heterocycles. The van der Waals surface area contributed by atoms with Gasteiger partial charge in [0, 0.05) is 38.7 Å². The molecular formula is C14H20N2O6S2. The first-order chi connectivity index (χ1) is 11.3. The molecule has 134 valence electrons. The van der Waals surface area contributed by atoms with E-state index in [1.807, 2.05) is 0 Å². The highest BCUT2D eigenvalue weighted by atomic mass is 32.2. The molecule has 1 N–H and O–H groups in total. The predicted molar refractivity (Wildman–Crippen MR) is 87.7 cm³/mol. The molecule has 0 aliphatic carbocycles. The van der Waals surface area contributed by atoms with E-state index in [1.165, 1.54) is 22.9 Å². The number of carboxylic acid groups (broad SMARTS) is 1. The van der Waals surface area contributed by atoms with Gasteiger partial charge >= 0.3 is 5.97 Å². The summed E-state index contributed by atoms with van der Waals surface area (Å²) < 4.78 is 31.4. The van der Waals surface area contributed by atoms with Crippen LogP contribution >= 0.6 is 11.3 Å². The number of carboxylic acids is 1. The van der Waals surface area contributed by atoms with Crippen LogP contribution in [0.3, 0.4) is 0 Å². The topological polar surface area (TPSA) is 104 Å². The van der Waals surface area contributed by atoms with Crippen molar-refractivity contribution < 1.29 is 27.9 Å². The second kappa shape index (κ2) is 7.60. The number of hydrogen-bond donors (Lipinski definition) is 1. The summed E-state index contributed by atoms with van der Waals surface area (Å²) in [5.74, 6) is -1.48. The van der Waals surface area contributed by atoms with E-state index >= 15 is 0 Å². The van der Waals surface area contributed by atoms with Crippen LogP contribution in [0.15, 0.2) is 15.7 Å². The Bertz CT molecular complexity index is 707. The second-order valence-electron chi connectivity index (χ2n) is 5.55. The third-order valence-corrected chi connectivity index (χ3v) is 7.12. The van der Waals surface area contributed by atoms with E-state index in [2.05, 4.69) is 0 Å². The van der Waals surface area contributed by atoms with Gasteiger partial charge in [-0.2, -0.15) is 4.31 Å². The quantitative estimate of drug-likeness (QED) is 0.778. The fourth-order valence-corrected chi connectivity index (χ4v) is 5.20. The second-order valence-corrected chi connectivity index (χ2v) is 8.62. The third kappa shape index (κ3) is 3.94. The summed E-state index contributed by atoms with van der Waals surface area (Å²) >= 11 is 0.890.